The molecule has 35 heavy (non-hydrogen) atoms. The summed E-state index contributed by atoms with van der Waals surface area (Å²) in [5.74, 6) is 0.297. The van der Waals surface area contributed by atoms with Crippen molar-refractivity contribution >= 4 is 0 Å². The Hall–Kier alpha value is -4.68. The lowest BCUT2D eigenvalue weighted by molar-refractivity contribution is 0.299. The van der Waals surface area contributed by atoms with Crippen molar-refractivity contribution in [3.63, 3.8) is 0 Å². The summed E-state index contributed by atoms with van der Waals surface area (Å²) in [6, 6.07) is 27.0. The molecule has 6 heteroatoms. The van der Waals surface area contributed by atoms with Crippen molar-refractivity contribution in [3.8, 4) is 23.6 Å². The molecular weight excluding hydrogens is 446 g/mol. The number of benzene rings is 4. The first-order chi connectivity index (χ1) is 17.0. The Kier molecular flexibility index (Phi) is 7.35. The van der Waals surface area contributed by atoms with E-state index < -0.39 is 11.6 Å². The lowest BCUT2D eigenvalue weighted by Gasteiger charge is -2.10. The molecule has 0 aromatic heterocycles. The molecule has 0 amide bonds. The van der Waals surface area contributed by atoms with E-state index in [4.69, 9.17) is 20.0 Å². The van der Waals surface area contributed by atoms with E-state index in [2.05, 4.69) is 0 Å². The molecule has 0 radical (unpaired) electrons. The molecule has 4 aromatic carbocycles. The van der Waals surface area contributed by atoms with E-state index in [-0.39, 0.29) is 13.2 Å². The van der Waals surface area contributed by atoms with Crippen molar-refractivity contribution in [1.82, 2.24) is 0 Å². The number of hydrogen-bond donors (Lipinski definition) is 0. The lowest BCUT2D eigenvalue weighted by Crippen LogP contribution is -2.01. The Morgan fingerprint density at radius 2 is 0.971 bits per heavy atom. The van der Waals surface area contributed by atoms with Gasteiger partial charge in [-0.05, 0) is 78.2 Å². The number of nitrogens with zero attached hydrogens (tertiary/aromatic N) is 2. The van der Waals surface area contributed by atoms with Crippen molar-refractivity contribution in [2.24, 2.45) is 0 Å². The van der Waals surface area contributed by atoms with Gasteiger partial charge in [-0.3, -0.25) is 0 Å². The molecule has 0 heterocycles. The molecule has 0 saturated heterocycles. The largest absolute Gasteiger partial charge is 0.489 e. The first kappa shape index (κ1) is 23.5. The van der Waals surface area contributed by atoms with Gasteiger partial charge >= 0.3 is 0 Å². The number of ether oxygens (including phenoxy) is 2. The second-order valence-corrected chi connectivity index (χ2v) is 7.88. The topological polar surface area (TPSA) is 66.0 Å². The molecule has 4 nitrogen and oxygen atoms in total. The highest BCUT2D eigenvalue weighted by Gasteiger charge is 2.09. The van der Waals surface area contributed by atoms with Crippen molar-refractivity contribution < 1.29 is 18.3 Å². The second-order valence-electron chi connectivity index (χ2n) is 7.88. The lowest BCUT2D eigenvalue weighted by atomic mass is 10.0. The van der Waals surface area contributed by atoms with E-state index in [1.807, 2.05) is 12.1 Å². The van der Waals surface area contributed by atoms with Crippen LogP contribution in [0.15, 0.2) is 84.9 Å². The molecule has 0 bridgehead atoms. The maximum atomic E-state index is 14.6. The van der Waals surface area contributed by atoms with Crippen molar-refractivity contribution in [1.29, 1.82) is 10.5 Å². The molecule has 0 fully saturated rings. The highest BCUT2D eigenvalue weighted by Crippen LogP contribution is 2.20. The predicted octanol–water partition coefficient (Wildman–Crippen LogP) is 6.46. The highest BCUT2D eigenvalue weighted by molar-refractivity contribution is 5.36. The first-order valence-corrected chi connectivity index (χ1v) is 10.8. The minimum Gasteiger partial charge on any atom is -0.489 e. The molecule has 0 saturated carbocycles. The summed E-state index contributed by atoms with van der Waals surface area (Å²) >= 11 is 0. The fourth-order valence-electron chi connectivity index (χ4n) is 3.44. The monoisotopic (exact) mass is 466 g/mol. The van der Waals surface area contributed by atoms with Gasteiger partial charge in [0.1, 0.15) is 36.3 Å². The maximum absolute atomic E-state index is 14.6. The molecule has 0 aliphatic carbocycles. The third kappa shape index (κ3) is 6.22. The third-order valence-corrected chi connectivity index (χ3v) is 5.40. The summed E-state index contributed by atoms with van der Waals surface area (Å²) in [5.41, 5.74) is 3.28. The summed E-state index contributed by atoms with van der Waals surface area (Å²) in [7, 11) is 0. The minimum atomic E-state index is -0.399. The molecule has 0 aliphatic rings. The van der Waals surface area contributed by atoms with Gasteiger partial charge in [0.25, 0.3) is 0 Å². The zero-order chi connectivity index (χ0) is 24.6. The van der Waals surface area contributed by atoms with E-state index >= 15 is 0 Å². The van der Waals surface area contributed by atoms with E-state index in [1.165, 1.54) is 12.1 Å². The van der Waals surface area contributed by atoms with Gasteiger partial charge in [-0.15, -0.1) is 0 Å². The number of hydrogen-bond acceptors (Lipinski definition) is 4. The van der Waals surface area contributed by atoms with Crippen LogP contribution in [0.1, 0.15) is 33.4 Å². The van der Waals surface area contributed by atoms with Gasteiger partial charge < -0.3 is 9.47 Å². The van der Waals surface area contributed by atoms with Gasteiger partial charge in [0.2, 0.25) is 0 Å². The van der Waals surface area contributed by atoms with Crippen molar-refractivity contribution in [2.45, 2.75) is 19.6 Å². The first-order valence-electron chi connectivity index (χ1n) is 10.8. The van der Waals surface area contributed by atoms with Crippen LogP contribution in [0.2, 0.25) is 0 Å². The molecular formula is C29H20F2N2O2. The van der Waals surface area contributed by atoms with Gasteiger partial charge in [0, 0.05) is 11.1 Å². The van der Waals surface area contributed by atoms with Crippen LogP contribution < -0.4 is 9.47 Å². The Morgan fingerprint density at radius 3 is 1.31 bits per heavy atom. The number of nitriles is 2. The minimum absolute atomic E-state index is 0.0561. The van der Waals surface area contributed by atoms with Crippen LogP contribution in [0.5, 0.6) is 11.5 Å². The smallest absolute Gasteiger partial charge is 0.130 e. The van der Waals surface area contributed by atoms with Crippen LogP contribution in [-0.2, 0) is 19.6 Å². The van der Waals surface area contributed by atoms with E-state index in [1.54, 1.807) is 72.8 Å². The van der Waals surface area contributed by atoms with Crippen molar-refractivity contribution in [3.05, 3.63) is 130 Å². The Morgan fingerprint density at radius 1 is 0.571 bits per heavy atom. The van der Waals surface area contributed by atoms with E-state index in [9.17, 15) is 8.78 Å². The summed E-state index contributed by atoms with van der Waals surface area (Å²) in [4.78, 5) is 0. The third-order valence-electron chi connectivity index (χ3n) is 5.40. The summed E-state index contributed by atoms with van der Waals surface area (Å²) in [6.07, 6.45) is 0.376. The predicted molar refractivity (Wildman–Crippen MR) is 127 cm³/mol. The molecule has 172 valence electrons. The summed E-state index contributed by atoms with van der Waals surface area (Å²) in [5, 5.41) is 17.7. The number of halogens is 2. The number of rotatable bonds is 8. The molecule has 0 unspecified atom stereocenters. The fraction of sp³-hybridized carbons (Fsp3) is 0.103. The molecule has 0 atom stereocenters. The molecule has 0 spiro atoms. The van der Waals surface area contributed by atoms with E-state index in [0.717, 1.165) is 0 Å². The Bertz CT molecular complexity index is 1290. The quantitative estimate of drug-likeness (QED) is 0.299. The second kappa shape index (κ2) is 11.0. The normalized spacial score (nSPS) is 10.3. The van der Waals surface area contributed by atoms with Crippen LogP contribution >= 0.6 is 0 Å². The van der Waals surface area contributed by atoms with Crippen molar-refractivity contribution in [2.75, 3.05) is 0 Å². The van der Waals surface area contributed by atoms with Gasteiger partial charge in [-0.1, -0.05) is 24.3 Å². The average molecular weight is 466 g/mol. The highest BCUT2D eigenvalue weighted by atomic mass is 19.1. The zero-order valence-corrected chi connectivity index (χ0v) is 18.7. The van der Waals surface area contributed by atoms with Gasteiger partial charge in [0.15, 0.2) is 0 Å². The van der Waals surface area contributed by atoms with Gasteiger partial charge in [-0.25, -0.2) is 8.78 Å². The SMILES string of the molecule is N#Cc1ccc(OCc2ccc(Cc3ccc(COc4ccc(C#N)cc4)c(F)c3)cc2F)cc1. The molecule has 4 aromatic rings. The molecule has 0 aliphatic heterocycles. The molecule has 0 N–H and O–H groups in total. The average Bonchev–Trinajstić information content (AvgIpc) is 2.88. The van der Waals surface area contributed by atoms with Crippen LogP contribution in [-0.4, -0.2) is 0 Å². The Labute approximate surface area is 202 Å². The van der Waals surface area contributed by atoms with Crippen LogP contribution in [0.3, 0.4) is 0 Å². The van der Waals surface area contributed by atoms with E-state index in [0.29, 0.717) is 51.3 Å². The fourth-order valence-corrected chi connectivity index (χ4v) is 3.44. The summed E-state index contributed by atoms with van der Waals surface area (Å²) in [6.45, 7) is 0.112. The molecule has 4 rings (SSSR count). The van der Waals surface area contributed by atoms with Crippen LogP contribution in [0.4, 0.5) is 8.78 Å². The standard InChI is InChI=1S/C29H20F2N2O2/c30-28-14-22(1-7-24(28)18-34-26-9-3-20(16-32)4-10-26)13-23-2-8-25(29(31)15-23)19-35-27-11-5-21(17-33)6-12-27/h1-12,14-15H,13,18-19H2. The maximum Gasteiger partial charge on any atom is 0.130 e. The van der Waals surface area contributed by atoms with Gasteiger partial charge in [-0.2, -0.15) is 10.5 Å². The van der Waals surface area contributed by atoms with Crippen LogP contribution in [0.25, 0.3) is 0 Å². The Balaban J connectivity index is 1.35. The van der Waals surface area contributed by atoms with Gasteiger partial charge in [0.05, 0.1) is 23.3 Å². The summed E-state index contributed by atoms with van der Waals surface area (Å²) < 4.78 is 40.4. The zero-order valence-electron chi connectivity index (χ0n) is 18.7. The van der Waals surface area contributed by atoms with Crippen LogP contribution in [0, 0.1) is 34.3 Å².